The number of carbonyl (C=O) groups excluding carboxylic acids is 3. The Morgan fingerprint density at radius 3 is 2.14 bits per heavy atom. The summed E-state index contributed by atoms with van der Waals surface area (Å²) >= 11 is 13.1. The molecule has 0 saturated carbocycles. The molecule has 0 aliphatic carbocycles. The fourth-order valence-electron chi connectivity index (χ4n) is 5.46. The van der Waals surface area contributed by atoms with Gasteiger partial charge in [-0.15, -0.1) is 0 Å². The molecule has 0 aromatic heterocycles. The minimum atomic E-state index is -0.842. The van der Waals surface area contributed by atoms with Crippen molar-refractivity contribution in [3.05, 3.63) is 97.9 Å². The van der Waals surface area contributed by atoms with E-state index in [-0.39, 0.29) is 17.6 Å². The smallest absolute Gasteiger partial charge is 0.240 e. The zero-order valence-electron chi connectivity index (χ0n) is 18.1. The van der Waals surface area contributed by atoms with E-state index in [1.807, 2.05) is 23.1 Å². The second-order valence-electron chi connectivity index (χ2n) is 8.82. The monoisotopic (exact) mass is 610 g/mol. The number of imide groups is 1. The number of fused-ring (bicyclic) bond motifs is 5. The Balaban J connectivity index is 1.50. The van der Waals surface area contributed by atoms with Gasteiger partial charge >= 0.3 is 0 Å². The summed E-state index contributed by atoms with van der Waals surface area (Å²) < 4.78 is 1.70. The SMILES string of the molecule is O=C(c1ccc(Br)cc1)C1C2C(=O)N(c3ccc(Br)cc3)C(=O)C2C2C=Cc3ccc(Cl)cc3N21. The average Bonchev–Trinajstić information content (AvgIpc) is 3.33. The molecule has 4 atom stereocenters. The first-order chi connectivity index (χ1) is 16.8. The standard InChI is InChI=1S/C27H17Br2ClN2O3/c28-16-5-1-15(2-6-16)25(33)24-23-22(20-12-4-14-3-9-18(30)13-21(14)32(20)24)26(34)31(27(23)35)19-10-7-17(29)8-11-19/h1-13,20,22-24H. The Morgan fingerprint density at radius 2 is 1.46 bits per heavy atom. The Kier molecular flexibility index (Phi) is 5.47. The number of rotatable bonds is 3. The molecule has 6 rings (SSSR count). The van der Waals surface area contributed by atoms with Crippen molar-refractivity contribution in [3.8, 4) is 0 Å². The fourth-order valence-corrected chi connectivity index (χ4v) is 6.16. The van der Waals surface area contributed by atoms with E-state index in [4.69, 9.17) is 11.6 Å². The van der Waals surface area contributed by atoms with Crippen LogP contribution in [0.4, 0.5) is 11.4 Å². The molecule has 3 heterocycles. The highest BCUT2D eigenvalue weighted by atomic mass is 79.9. The summed E-state index contributed by atoms with van der Waals surface area (Å²) in [5.41, 5.74) is 2.63. The molecular weight excluding hydrogens is 596 g/mol. The van der Waals surface area contributed by atoms with Crippen LogP contribution in [-0.2, 0) is 9.59 Å². The number of benzene rings is 3. The van der Waals surface area contributed by atoms with Gasteiger partial charge in [0.1, 0.15) is 6.04 Å². The summed E-state index contributed by atoms with van der Waals surface area (Å²) in [6.45, 7) is 0. The lowest BCUT2D eigenvalue weighted by Gasteiger charge is -2.36. The van der Waals surface area contributed by atoms with Crippen molar-refractivity contribution >= 4 is 78.5 Å². The number of ketones is 1. The number of halogens is 3. The van der Waals surface area contributed by atoms with E-state index >= 15 is 0 Å². The van der Waals surface area contributed by atoms with Crippen molar-refractivity contribution < 1.29 is 14.4 Å². The summed E-state index contributed by atoms with van der Waals surface area (Å²) in [5.74, 6) is -2.35. The van der Waals surface area contributed by atoms with E-state index < -0.39 is 23.9 Å². The molecule has 0 spiro atoms. The lowest BCUT2D eigenvalue weighted by atomic mass is 9.86. The lowest BCUT2D eigenvalue weighted by molar-refractivity contribution is -0.122. The van der Waals surface area contributed by atoms with Gasteiger partial charge in [-0.2, -0.15) is 0 Å². The quantitative estimate of drug-likeness (QED) is 0.264. The van der Waals surface area contributed by atoms with Crippen LogP contribution < -0.4 is 9.80 Å². The van der Waals surface area contributed by atoms with Gasteiger partial charge in [0.25, 0.3) is 0 Å². The number of Topliss-reactive ketones (excluding diaryl/α,β-unsaturated/α-hetero) is 1. The van der Waals surface area contributed by atoms with Gasteiger partial charge in [-0.1, -0.05) is 73.8 Å². The number of carbonyl (C=O) groups is 3. The molecule has 3 aromatic rings. The maximum absolute atomic E-state index is 14.0. The van der Waals surface area contributed by atoms with Crippen LogP contribution in [0.2, 0.25) is 5.02 Å². The van der Waals surface area contributed by atoms with Crippen LogP contribution >= 0.6 is 43.5 Å². The fraction of sp³-hybridized carbons (Fsp3) is 0.148. The third kappa shape index (κ3) is 3.51. The molecule has 174 valence electrons. The lowest BCUT2D eigenvalue weighted by Crippen LogP contribution is -2.48. The molecule has 4 unspecified atom stereocenters. The summed E-state index contributed by atoms with van der Waals surface area (Å²) in [7, 11) is 0. The van der Waals surface area contributed by atoms with Crippen molar-refractivity contribution in [1.82, 2.24) is 0 Å². The Morgan fingerprint density at radius 1 is 0.829 bits per heavy atom. The van der Waals surface area contributed by atoms with Gasteiger partial charge in [-0.05, 0) is 54.1 Å². The Bertz CT molecular complexity index is 1420. The second kappa shape index (κ2) is 8.43. The van der Waals surface area contributed by atoms with Gasteiger partial charge in [-0.25, -0.2) is 4.90 Å². The van der Waals surface area contributed by atoms with E-state index in [0.29, 0.717) is 16.3 Å². The topological polar surface area (TPSA) is 57.7 Å². The summed E-state index contributed by atoms with van der Waals surface area (Å²) in [6, 6.07) is 18.3. The average molecular weight is 613 g/mol. The number of nitrogens with zero attached hydrogens (tertiary/aromatic N) is 2. The van der Waals surface area contributed by atoms with Crippen LogP contribution in [0.15, 0.2) is 81.8 Å². The number of hydrogen-bond acceptors (Lipinski definition) is 4. The van der Waals surface area contributed by atoms with E-state index in [2.05, 4.69) is 31.9 Å². The highest BCUT2D eigenvalue weighted by molar-refractivity contribution is 9.10. The Hall–Kier alpha value is -2.74. The normalized spacial score (nSPS) is 24.4. The molecular formula is C27H17Br2ClN2O3. The summed E-state index contributed by atoms with van der Waals surface area (Å²) in [4.78, 5) is 44.8. The predicted octanol–water partition coefficient (Wildman–Crippen LogP) is 6.14. The zero-order chi connectivity index (χ0) is 24.4. The molecule has 2 saturated heterocycles. The van der Waals surface area contributed by atoms with Crippen molar-refractivity contribution in [2.75, 3.05) is 9.80 Å². The summed E-state index contributed by atoms with van der Waals surface area (Å²) in [6.07, 6.45) is 3.87. The van der Waals surface area contributed by atoms with Crippen LogP contribution in [0.25, 0.3) is 6.08 Å². The molecule has 35 heavy (non-hydrogen) atoms. The molecule has 2 amide bonds. The van der Waals surface area contributed by atoms with Crippen LogP contribution in [0.5, 0.6) is 0 Å². The van der Waals surface area contributed by atoms with Crippen LogP contribution in [0.3, 0.4) is 0 Å². The van der Waals surface area contributed by atoms with Crippen molar-refractivity contribution in [3.63, 3.8) is 0 Å². The first-order valence-corrected chi connectivity index (χ1v) is 13.0. The third-order valence-electron chi connectivity index (χ3n) is 6.95. The van der Waals surface area contributed by atoms with Gasteiger partial charge < -0.3 is 4.90 Å². The molecule has 5 nitrogen and oxygen atoms in total. The number of anilines is 2. The molecule has 2 fully saturated rings. The molecule has 3 aliphatic rings. The van der Waals surface area contributed by atoms with E-state index in [9.17, 15) is 14.4 Å². The van der Waals surface area contributed by atoms with Crippen molar-refractivity contribution in [2.24, 2.45) is 11.8 Å². The largest absolute Gasteiger partial charge is 0.352 e. The summed E-state index contributed by atoms with van der Waals surface area (Å²) in [5, 5.41) is 0.527. The van der Waals surface area contributed by atoms with Crippen LogP contribution in [0.1, 0.15) is 15.9 Å². The van der Waals surface area contributed by atoms with Gasteiger partial charge in [-0.3, -0.25) is 14.4 Å². The second-order valence-corrected chi connectivity index (χ2v) is 11.1. The predicted molar refractivity (Wildman–Crippen MR) is 143 cm³/mol. The first-order valence-electron chi connectivity index (χ1n) is 11.0. The van der Waals surface area contributed by atoms with Crippen LogP contribution in [0, 0.1) is 11.8 Å². The Labute approximate surface area is 223 Å². The van der Waals surface area contributed by atoms with Crippen molar-refractivity contribution in [2.45, 2.75) is 12.1 Å². The minimum Gasteiger partial charge on any atom is -0.352 e. The van der Waals surface area contributed by atoms with E-state index in [0.717, 1.165) is 20.2 Å². The molecule has 3 aromatic carbocycles. The maximum atomic E-state index is 14.0. The van der Waals surface area contributed by atoms with E-state index in [1.165, 1.54) is 4.90 Å². The van der Waals surface area contributed by atoms with Gasteiger partial charge in [0.05, 0.1) is 23.6 Å². The number of amides is 2. The minimum absolute atomic E-state index is 0.199. The van der Waals surface area contributed by atoms with Gasteiger partial charge in [0, 0.05) is 25.2 Å². The van der Waals surface area contributed by atoms with Gasteiger partial charge in [0.15, 0.2) is 5.78 Å². The van der Waals surface area contributed by atoms with Gasteiger partial charge in [0.2, 0.25) is 11.8 Å². The molecule has 0 bridgehead atoms. The molecule has 0 radical (unpaired) electrons. The molecule has 3 aliphatic heterocycles. The first kappa shape index (κ1) is 22.7. The van der Waals surface area contributed by atoms with Crippen LogP contribution in [-0.4, -0.2) is 29.7 Å². The molecule has 0 N–H and O–H groups in total. The number of hydrogen-bond donors (Lipinski definition) is 0. The van der Waals surface area contributed by atoms with Crippen molar-refractivity contribution in [1.29, 1.82) is 0 Å². The highest BCUT2D eigenvalue weighted by Gasteiger charge is 2.64. The van der Waals surface area contributed by atoms with E-state index in [1.54, 1.807) is 60.7 Å². The third-order valence-corrected chi connectivity index (χ3v) is 8.25. The zero-order valence-corrected chi connectivity index (χ0v) is 22.0. The highest BCUT2D eigenvalue weighted by Crippen LogP contribution is 2.50. The molecule has 8 heteroatoms. The maximum Gasteiger partial charge on any atom is 0.240 e.